The minimum atomic E-state index is -4.86. The molecule has 1 aliphatic heterocycles. The number of alkyl halides is 3. The highest BCUT2D eigenvalue weighted by Gasteiger charge is 2.39. The molecule has 7 nitrogen and oxygen atoms in total. The number of benzene rings is 2. The Balaban J connectivity index is 2.12. The van der Waals surface area contributed by atoms with E-state index in [1.807, 2.05) is 0 Å². The number of nitrogens with zero attached hydrogens (tertiary/aromatic N) is 4. The number of aldehydes is 1. The van der Waals surface area contributed by atoms with Crippen LogP contribution in [0.15, 0.2) is 30.3 Å². The molecule has 0 unspecified atom stereocenters. The van der Waals surface area contributed by atoms with E-state index in [0.29, 0.717) is 24.5 Å². The van der Waals surface area contributed by atoms with Crippen molar-refractivity contribution in [2.75, 3.05) is 23.4 Å². The van der Waals surface area contributed by atoms with Gasteiger partial charge in [0.25, 0.3) is 5.91 Å². The van der Waals surface area contributed by atoms with Gasteiger partial charge >= 0.3 is 12.2 Å². The molecule has 2 aromatic rings. The van der Waals surface area contributed by atoms with E-state index in [9.17, 15) is 27.6 Å². The molecule has 0 saturated heterocycles. The lowest BCUT2D eigenvalue weighted by atomic mass is 10.0. The second kappa shape index (κ2) is 9.02. The number of hydrogen-bond acceptors (Lipinski definition) is 4. The van der Waals surface area contributed by atoms with Crippen LogP contribution in [0.5, 0.6) is 0 Å². The Morgan fingerprint density at radius 1 is 1.23 bits per heavy atom. The summed E-state index contributed by atoms with van der Waals surface area (Å²) in [6, 6.07) is 5.42. The molecule has 0 radical (unpaired) electrons. The standard InChI is InChI=1S/C24H22F4N4O3/c1-5-31-12-15-8-19(25)20(10-17(15)21(31)34)32(23(2,3)13-33)22(35)30(4)16-7-6-14(11-29)18(9-16)24(26,27)28/h6-10,13H,5,12H2,1-4H3. The molecule has 3 amide bonds. The number of hydrogen-bond donors (Lipinski definition) is 0. The first-order valence-corrected chi connectivity index (χ1v) is 10.5. The molecular weight excluding hydrogens is 468 g/mol. The number of anilines is 2. The van der Waals surface area contributed by atoms with Gasteiger partial charge in [-0.25, -0.2) is 9.18 Å². The Morgan fingerprint density at radius 3 is 2.43 bits per heavy atom. The quantitative estimate of drug-likeness (QED) is 0.448. The molecule has 0 saturated carbocycles. The van der Waals surface area contributed by atoms with E-state index in [1.54, 1.807) is 6.92 Å². The summed E-state index contributed by atoms with van der Waals surface area (Å²) < 4.78 is 55.5. The van der Waals surface area contributed by atoms with Crippen molar-refractivity contribution in [3.63, 3.8) is 0 Å². The fourth-order valence-electron chi connectivity index (χ4n) is 3.85. The van der Waals surface area contributed by atoms with Crippen molar-refractivity contribution in [3.05, 3.63) is 58.4 Å². The van der Waals surface area contributed by atoms with Gasteiger partial charge in [-0.3, -0.25) is 14.6 Å². The van der Waals surface area contributed by atoms with Crippen LogP contribution in [0, 0.1) is 17.1 Å². The van der Waals surface area contributed by atoms with Gasteiger partial charge in [0.1, 0.15) is 12.1 Å². The molecule has 0 N–H and O–H groups in total. The van der Waals surface area contributed by atoms with Crippen LogP contribution in [0.3, 0.4) is 0 Å². The van der Waals surface area contributed by atoms with E-state index in [-0.39, 0.29) is 29.4 Å². The monoisotopic (exact) mass is 490 g/mol. The number of urea groups is 1. The van der Waals surface area contributed by atoms with Crippen LogP contribution < -0.4 is 9.80 Å². The molecule has 0 bridgehead atoms. The Morgan fingerprint density at radius 2 is 1.89 bits per heavy atom. The average Bonchev–Trinajstić information content (AvgIpc) is 3.11. The highest BCUT2D eigenvalue weighted by atomic mass is 19.4. The highest BCUT2D eigenvalue weighted by Crippen LogP contribution is 2.36. The molecule has 0 atom stereocenters. The maximum Gasteiger partial charge on any atom is 0.417 e. The third kappa shape index (κ3) is 4.56. The van der Waals surface area contributed by atoms with Crippen molar-refractivity contribution in [2.24, 2.45) is 0 Å². The molecule has 11 heteroatoms. The largest absolute Gasteiger partial charge is 0.417 e. The minimum Gasteiger partial charge on any atom is -0.335 e. The van der Waals surface area contributed by atoms with Crippen LogP contribution >= 0.6 is 0 Å². The summed E-state index contributed by atoms with van der Waals surface area (Å²) in [5, 5.41) is 9.01. The summed E-state index contributed by atoms with van der Waals surface area (Å²) in [7, 11) is 1.16. The van der Waals surface area contributed by atoms with E-state index in [0.717, 1.165) is 35.0 Å². The van der Waals surface area contributed by atoms with Crippen LogP contribution in [0.25, 0.3) is 0 Å². The van der Waals surface area contributed by atoms with Crippen molar-refractivity contribution in [1.29, 1.82) is 5.26 Å². The Hall–Kier alpha value is -3.94. The van der Waals surface area contributed by atoms with Crippen LogP contribution in [0.4, 0.5) is 33.7 Å². The van der Waals surface area contributed by atoms with Gasteiger partial charge in [0.15, 0.2) is 0 Å². The van der Waals surface area contributed by atoms with E-state index >= 15 is 4.39 Å². The third-order valence-corrected chi connectivity index (χ3v) is 5.83. The van der Waals surface area contributed by atoms with Crippen molar-refractivity contribution in [1.82, 2.24) is 4.90 Å². The van der Waals surface area contributed by atoms with Gasteiger partial charge < -0.3 is 9.69 Å². The molecule has 3 rings (SSSR count). The van der Waals surface area contributed by atoms with Crippen LogP contribution in [-0.2, 0) is 17.5 Å². The fraction of sp³-hybridized carbons (Fsp3) is 0.333. The zero-order valence-electron chi connectivity index (χ0n) is 19.4. The lowest BCUT2D eigenvalue weighted by Gasteiger charge is -2.37. The zero-order valence-corrected chi connectivity index (χ0v) is 19.4. The lowest BCUT2D eigenvalue weighted by molar-refractivity contribution is -0.137. The number of fused-ring (bicyclic) bond motifs is 1. The van der Waals surface area contributed by atoms with Gasteiger partial charge in [-0.15, -0.1) is 0 Å². The Labute approximate surface area is 199 Å². The summed E-state index contributed by atoms with van der Waals surface area (Å²) in [5.41, 5.74) is -3.51. The summed E-state index contributed by atoms with van der Waals surface area (Å²) >= 11 is 0. The van der Waals surface area contributed by atoms with Gasteiger partial charge in [-0.2, -0.15) is 18.4 Å². The van der Waals surface area contributed by atoms with E-state index in [2.05, 4.69) is 0 Å². The van der Waals surface area contributed by atoms with Crippen molar-refractivity contribution < 1.29 is 31.9 Å². The fourth-order valence-corrected chi connectivity index (χ4v) is 3.85. The molecule has 184 valence electrons. The molecule has 2 aromatic carbocycles. The molecule has 1 heterocycles. The van der Waals surface area contributed by atoms with E-state index in [1.165, 1.54) is 30.9 Å². The molecular formula is C24H22F4N4O3. The van der Waals surface area contributed by atoms with Gasteiger partial charge in [-0.05, 0) is 56.7 Å². The maximum atomic E-state index is 15.2. The SMILES string of the molecule is CCN1Cc2cc(F)c(N(C(=O)N(C)c3ccc(C#N)c(C(F)(F)F)c3)C(C)(C)C=O)cc2C1=O. The van der Waals surface area contributed by atoms with Gasteiger partial charge in [0, 0.05) is 31.4 Å². The summed E-state index contributed by atoms with van der Waals surface area (Å²) in [6.07, 6.45) is -4.46. The minimum absolute atomic E-state index is 0.170. The average molecular weight is 490 g/mol. The lowest BCUT2D eigenvalue weighted by Crippen LogP contribution is -2.54. The molecule has 35 heavy (non-hydrogen) atoms. The zero-order chi connectivity index (χ0) is 26.3. The number of carbonyl (C=O) groups is 3. The number of rotatable bonds is 5. The molecule has 0 fully saturated rings. The highest BCUT2D eigenvalue weighted by molar-refractivity contribution is 6.08. The molecule has 0 spiro atoms. The van der Waals surface area contributed by atoms with Crippen molar-refractivity contribution >= 4 is 29.6 Å². The summed E-state index contributed by atoms with van der Waals surface area (Å²) in [5.74, 6) is -1.24. The van der Waals surface area contributed by atoms with Crippen LogP contribution in [-0.4, -0.2) is 42.3 Å². The normalized spacial score (nSPS) is 13.3. The van der Waals surface area contributed by atoms with Gasteiger partial charge in [0.05, 0.1) is 28.4 Å². The van der Waals surface area contributed by atoms with E-state index < -0.39 is 34.7 Å². The first-order valence-electron chi connectivity index (χ1n) is 10.5. The number of nitriles is 1. The molecule has 0 aliphatic carbocycles. The number of halogens is 4. The number of carbonyl (C=O) groups excluding carboxylic acids is 3. The Bertz CT molecular complexity index is 1250. The van der Waals surface area contributed by atoms with Gasteiger partial charge in [-0.1, -0.05) is 0 Å². The molecule has 1 aliphatic rings. The van der Waals surface area contributed by atoms with Crippen molar-refractivity contribution in [2.45, 2.75) is 39.0 Å². The van der Waals surface area contributed by atoms with Crippen LogP contribution in [0.1, 0.15) is 47.8 Å². The van der Waals surface area contributed by atoms with E-state index in [4.69, 9.17) is 5.26 Å². The molecule has 0 aromatic heterocycles. The summed E-state index contributed by atoms with van der Waals surface area (Å²) in [4.78, 5) is 41.1. The third-order valence-electron chi connectivity index (χ3n) is 5.83. The first-order chi connectivity index (χ1) is 16.3. The topological polar surface area (TPSA) is 84.7 Å². The first kappa shape index (κ1) is 25.7. The Kier molecular flexibility index (Phi) is 6.62. The second-order valence-electron chi connectivity index (χ2n) is 8.57. The van der Waals surface area contributed by atoms with Crippen molar-refractivity contribution in [3.8, 4) is 6.07 Å². The maximum absolute atomic E-state index is 15.2. The number of amides is 3. The predicted octanol–water partition coefficient (Wildman–Crippen LogP) is 4.73. The van der Waals surface area contributed by atoms with Crippen LogP contribution in [0.2, 0.25) is 0 Å². The predicted molar refractivity (Wildman–Crippen MR) is 119 cm³/mol. The smallest absolute Gasteiger partial charge is 0.335 e. The van der Waals surface area contributed by atoms with Gasteiger partial charge in [0.2, 0.25) is 0 Å². The second-order valence-corrected chi connectivity index (χ2v) is 8.57. The summed E-state index contributed by atoms with van der Waals surface area (Å²) in [6.45, 7) is 5.00.